The number of aliphatic hydroxyl groups is 1. The number of halogens is 3. The van der Waals surface area contributed by atoms with E-state index in [1.165, 1.54) is 30.9 Å². The highest BCUT2D eigenvalue weighted by molar-refractivity contribution is 9.10. The second-order valence-electron chi connectivity index (χ2n) is 7.89. The monoisotopic (exact) mass is 479 g/mol. The Kier molecular flexibility index (Phi) is 4.85. The van der Waals surface area contributed by atoms with Gasteiger partial charge in [-0.15, -0.1) is 0 Å². The van der Waals surface area contributed by atoms with Gasteiger partial charge in [0.25, 0.3) is 5.91 Å². The van der Waals surface area contributed by atoms with Crippen LogP contribution in [0.15, 0.2) is 28.9 Å². The zero-order valence-electron chi connectivity index (χ0n) is 16.8. The van der Waals surface area contributed by atoms with Gasteiger partial charge >= 0.3 is 0 Å². The van der Waals surface area contributed by atoms with Gasteiger partial charge in [-0.3, -0.25) is 9.69 Å². The van der Waals surface area contributed by atoms with E-state index in [0.717, 1.165) is 0 Å². The van der Waals surface area contributed by atoms with Gasteiger partial charge in [-0.2, -0.15) is 0 Å². The summed E-state index contributed by atoms with van der Waals surface area (Å²) in [6.45, 7) is 6.45. The van der Waals surface area contributed by atoms with Crippen LogP contribution in [0.5, 0.6) is 5.75 Å². The molecule has 1 amide bonds. The van der Waals surface area contributed by atoms with E-state index in [2.05, 4.69) is 20.9 Å². The van der Waals surface area contributed by atoms with E-state index in [1.54, 1.807) is 30.5 Å². The van der Waals surface area contributed by atoms with Gasteiger partial charge in [0, 0.05) is 12.3 Å². The molecular formula is C21H20BrF2N3O3. The number of pyridine rings is 1. The van der Waals surface area contributed by atoms with Crippen molar-refractivity contribution in [1.29, 1.82) is 0 Å². The van der Waals surface area contributed by atoms with E-state index < -0.39 is 23.3 Å². The smallest absolute Gasteiger partial charge is 0.268 e. The first-order valence-corrected chi connectivity index (χ1v) is 10.1. The third-order valence-corrected chi connectivity index (χ3v) is 5.79. The van der Waals surface area contributed by atoms with E-state index in [1.807, 2.05) is 0 Å². The molecule has 0 bridgehead atoms. The number of fused-ring (bicyclic) bond motifs is 2. The quantitative estimate of drug-likeness (QED) is 0.610. The van der Waals surface area contributed by atoms with E-state index >= 15 is 0 Å². The summed E-state index contributed by atoms with van der Waals surface area (Å²) in [6.07, 6.45) is 0.659. The van der Waals surface area contributed by atoms with E-state index in [0.29, 0.717) is 22.6 Å². The lowest BCUT2D eigenvalue weighted by molar-refractivity contribution is -0.125. The summed E-state index contributed by atoms with van der Waals surface area (Å²) in [5.74, 6) is -1.51. The van der Waals surface area contributed by atoms with Crippen molar-refractivity contribution in [3.8, 4) is 5.75 Å². The predicted molar refractivity (Wildman–Crippen MR) is 111 cm³/mol. The number of anilines is 1. The summed E-state index contributed by atoms with van der Waals surface area (Å²) < 4.78 is 36.2. The molecule has 0 spiro atoms. The van der Waals surface area contributed by atoms with Crippen LogP contribution in [0.4, 0.5) is 14.5 Å². The van der Waals surface area contributed by atoms with Gasteiger partial charge in [0.05, 0.1) is 33.7 Å². The molecule has 0 radical (unpaired) electrons. The molecule has 1 aliphatic rings. The average molecular weight is 480 g/mol. The Labute approximate surface area is 180 Å². The van der Waals surface area contributed by atoms with Gasteiger partial charge in [0.1, 0.15) is 11.5 Å². The zero-order chi connectivity index (χ0) is 22.0. The first-order valence-electron chi connectivity index (χ1n) is 9.34. The maximum Gasteiger partial charge on any atom is 0.268 e. The van der Waals surface area contributed by atoms with Crippen molar-refractivity contribution in [1.82, 2.24) is 9.38 Å². The summed E-state index contributed by atoms with van der Waals surface area (Å²) in [6, 6.07) is 4.06. The molecule has 4 rings (SSSR count). The Balaban J connectivity index is 1.87. The van der Waals surface area contributed by atoms with Crippen molar-refractivity contribution in [3.05, 3.63) is 57.5 Å². The van der Waals surface area contributed by atoms with Crippen molar-refractivity contribution < 1.29 is 23.4 Å². The highest BCUT2D eigenvalue weighted by Gasteiger charge is 2.36. The number of ether oxygens (including phenoxy) is 1. The first kappa shape index (κ1) is 20.7. The van der Waals surface area contributed by atoms with Crippen molar-refractivity contribution in [3.63, 3.8) is 0 Å². The second-order valence-corrected chi connectivity index (χ2v) is 8.75. The van der Waals surface area contributed by atoms with Gasteiger partial charge in [0.15, 0.2) is 17.7 Å². The molecule has 6 nitrogen and oxygen atoms in total. The summed E-state index contributed by atoms with van der Waals surface area (Å²) >= 11 is 3.17. The Bertz CT molecular complexity index is 1190. The van der Waals surface area contributed by atoms with Gasteiger partial charge in [-0.05, 0) is 61.3 Å². The molecular weight excluding hydrogens is 460 g/mol. The molecule has 1 N–H and O–H groups in total. The fourth-order valence-corrected chi connectivity index (χ4v) is 3.84. The topological polar surface area (TPSA) is 67.1 Å². The maximum absolute atomic E-state index is 14.8. The van der Waals surface area contributed by atoms with Crippen LogP contribution < -0.4 is 9.64 Å². The molecule has 3 heterocycles. The number of hydrogen-bond donors (Lipinski definition) is 1. The second kappa shape index (κ2) is 7.02. The fraction of sp³-hybridized carbons (Fsp3) is 0.333. The van der Waals surface area contributed by atoms with Crippen molar-refractivity contribution in [2.24, 2.45) is 0 Å². The molecule has 158 valence electrons. The molecule has 0 saturated heterocycles. The number of carbonyl (C=O) groups excluding carboxylic acids is 1. The Morgan fingerprint density at radius 3 is 2.63 bits per heavy atom. The number of imidazole rings is 1. The number of aromatic nitrogens is 2. The predicted octanol–water partition coefficient (Wildman–Crippen LogP) is 4.22. The number of rotatable bonds is 3. The molecule has 1 atom stereocenters. The highest BCUT2D eigenvalue weighted by atomic mass is 79.9. The van der Waals surface area contributed by atoms with Crippen LogP contribution in [-0.2, 0) is 16.9 Å². The average Bonchev–Trinajstić information content (AvgIpc) is 2.93. The van der Waals surface area contributed by atoms with Crippen LogP contribution in [0.2, 0.25) is 0 Å². The minimum atomic E-state index is -1.31. The summed E-state index contributed by atoms with van der Waals surface area (Å²) in [5.41, 5.74) is 0.886. The fourth-order valence-electron chi connectivity index (χ4n) is 3.52. The molecule has 30 heavy (non-hydrogen) atoms. The lowest BCUT2D eigenvalue weighted by Crippen LogP contribution is -2.44. The van der Waals surface area contributed by atoms with Crippen molar-refractivity contribution in [2.75, 3.05) is 4.90 Å². The molecule has 0 unspecified atom stereocenters. The van der Waals surface area contributed by atoms with Crippen molar-refractivity contribution in [2.45, 2.75) is 45.9 Å². The minimum Gasteiger partial charge on any atom is -0.476 e. The molecule has 2 aromatic heterocycles. The van der Waals surface area contributed by atoms with E-state index in [9.17, 15) is 18.7 Å². The minimum absolute atomic E-state index is 0.0474. The number of nitrogens with zero attached hydrogens (tertiary/aromatic N) is 3. The number of aryl methyl sites for hydroxylation is 1. The SMILES string of the molecule is Cc1nc2cc(F)c(Br)cn2c1CN1C(=O)[C@H](C)Oc2c(F)cc(C(C)(C)O)cc21. The lowest BCUT2D eigenvalue weighted by atomic mass is 9.96. The normalized spacial score (nSPS) is 16.7. The third kappa shape index (κ3) is 3.35. The molecule has 3 aromatic rings. The van der Waals surface area contributed by atoms with Crippen LogP contribution in [0.25, 0.3) is 5.65 Å². The van der Waals surface area contributed by atoms with Gasteiger partial charge in [0.2, 0.25) is 0 Å². The van der Waals surface area contributed by atoms with E-state index in [4.69, 9.17) is 4.74 Å². The molecule has 1 aromatic carbocycles. The summed E-state index contributed by atoms with van der Waals surface area (Å²) in [4.78, 5) is 18.8. The molecule has 0 saturated carbocycles. The van der Waals surface area contributed by atoms with Gasteiger partial charge in [-0.1, -0.05) is 0 Å². The summed E-state index contributed by atoms with van der Waals surface area (Å²) in [5, 5.41) is 10.4. The third-order valence-electron chi connectivity index (χ3n) is 5.20. The molecule has 0 fully saturated rings. The van der Waals surface area contributed by atoms with Crippen LogP contribution in [0, 0.1) is 18.6 Å². The zero-order valence-corrected chi connectivity index (χ0v) is 18.4. The largest absolute Gasteiger partial charge is 0.476 e. The van der Waals surface area contributed by atoms with E-state index in [-0.39, 0.29) is 28.4 Å². The number of hydrogen-bond acceptors (Lipinski definition) is 4. The van der Waals surface area contributed by atoms with Crippen LogP contribution >= 0.6 is 15.9 Å². The number of amides is 1. The summed E-state index contributed by atoms with van der Waals surface area (Å²) in [7, 11) is 0. The van der Waals surface area contributed by atoms with Crippen LogP contribution in [-0.4, -0.2) is 26.5 Å². The Hall–Kier alpha value is -2.52. The van der Waals surface area contributed by atoms with Crippen LogP contribution in [0.3, 0.4) is 0 Å². The maximum atomic E-state index is 14.8. The molecule has 9 heteroatoms. The van der Waals surface area contributed by atoms with Crippen molar-refractivity contribution >= 4 is 33.2 Å². The lowest BCUT2D eigenvalue weighted by Gasteiger charge is -2.34. The first-order chi connectivity index (χ1) is 14.0. The molecule has 0 aliphatic carbocycles. The number of carbonyl (C=O) groups is 1. The Morgan fingerprint density at radius 1 is 1.27 bits per heavy atom. The Morgan fingerprint density at radius 2 is 1.97 bits per heavy atom. The van der Waals surface area contributed by atoms with Gasteiger partial charge < -0.3 is 14.2 Å². The standard InChI is InChI=1S/C21H20BrF2N3O3/c1-10-17(26-8-13(22)14(23)7-18(26)25-10)9-27-16-6-12(21(3,4)29)5-15(24)19(16)30-11(2)20(27)28/h5-8,11,29H,9H2,1-4H3/t11-/m0/s1. The van der Waals surface area contributed by atoms with Gasteiger partial charge in [-0.25, -0.2) is 13.8 Å². The number of benzene rings is 1. The van der Waals surface area contributed by atoms with Crippen LogP contribution in [0.1, 0.15) is 37.7 Å². The highest BCUT2D eigenvalue weighted by Crippen LogP contribution is 2.40. The molecule has 1 aliphatic heterocycles.